The third-order valence-corrected chi connectivity index (χ3v) is 5.19. The van der Waals surface area contributed by atoms with Crippen LogP contribution in [0.2, 0.25) is 0 Å². The van der Waals surface area contributed by atoms with Gasteiger partial charge >= 0.3 is 0 Å². The lowest BCUT2D eigenvalue weighted by Crippen LogP contribution is -2.23. The Morgan fingerprint density at radius 3 is 2.14 bits per heavy atom. The lowest BCUT2D eigenvalue weighted by atomic mass is 9.70. The number of rotatable bonds is 12. The van der Waals surface area contributed by atoms with Crippen molar-refractivity contribution >= 4 is 0 Å². The Balaban J connectivity index is 1.58. The van der Waals surface area contributed by atoms with Crippen molar-refractivity contribution < 1.29 is 9.47 Å². The molecule has 0 aromatic heterocycles. The molecular weight excluding hydrogens is 358 g/mol. The molecule has 1 atom stereocenters. The minimum atomic E-state index is 0.250. The van der Waals surface area contributed by atoms with Gasteiger partial charge in [-0.15, -0.1) is 0 Å². The predicted octanol–water partition coefficient (Wildman–Crippen LogP) is 5.70. The molecule has 0 bridgehead atoms. The maximum Gasteiger partial charge on any atom is 0.119 e. The molecule has 2 aromatic carbocycles. The normalized spacial score (nSPS) is 12.9. The standard InChI is InChI=1S/C26H39NO2/c1-21(2)25(26(3,4)5)23-11-13-24(14-12-23)29-20-19-28-18-17-27-16-15-22-9-7-6-8-10-22/h6-14,21,25,27H,15-20H2,1-5H3. The molecule has 0 aliphatic rings. The van der Waals surface area contributed by atoms with E-state index in [4.69, 9.17) is 9.47 Å². The van der Waals surface area contributed by atoms with Crippen LogP contribution in [0.4, 0.5) is 0 Å². The lowest BCUT2D eigenvalue weighted by Gasteiger charge is -2.34. The quantitative estimate of drug-likeness (QED) is 0.466. The maximum absolute atomic E-state index is 5.83. The molecule has 1 N–H and O–H groups in total. The van der Waals surface area contributed by atoms with Gasteiger partial charge in [0, 0.05) is 6.54 Å². The van der Waals surface area contributed by atoms with Crippen molar-refractivity contribution in [1.82, 2.24) is 5.32 Å². The smallest absolute Gasteiger partial charge is 0.119 e. The summed E-state index contributed by atoms with van der Waals surface area (Å²) in [5.74, 6) is 2.06. The van der Waals surface area contributed by atoms with Crippen LogP contribution in [0.25, 0.3) is 0 Å². The Hall–Kier alpha value is -1.84. The summed E-state index contributed by atoms with van der Waals surface area (Å²) < 4.78 is 11.5. The predicted molar refractivity (Wildman–Crippen MR) is 123 cm³/mol. The number of hydrogen-bond donors (Lipinski definition) is 1. The number of nitrogens with one attached hydrogen (secondary N) is 1. The van der Waals surface area contributed by atoms with Gasteiger partial charge in [0.1, 0.15) is 12.4 Å². The van der Waals surface area contributed by atoms with E-state index in [0.29, 0.717) is 31.7 Å². The van der Waals surface area contributed by atoms with E-state index in [1.807, 2.05) is 0 Å². The van der Waals surface area contributed by atoms with Crippen molar-refractivity contribution in [2.75, 3.05) is 32.9 Å². The van der Waals surface area contributed by atoms with Crippen molar-refractivity contribution in [3.8, 4) is 5.75 Å². The molecule has 0 heterocycles. The van der Waals surface area contributed by atoms with Crippen LogP contribution in [0.3, 0.4) is 0 Å². The largest absolute Gasteiger partial charge is 0.491 e. The van der Waals surface area contributed by atoms with Crippen molar-refractivity contribution in [2.24, 2.45) is 11.3 Å². The van der Waals surface area contributed by atoms with Crippen molar-refractivity contribution in [1.29, 1.82) is 0 Å². The summed E-state index contributed by atoms with van der Waals surface area (Å²) in [5.41, 5.74) is 3.00. The molecule has 0 radical (unpaired) electrons. The van der Waals surface area contributed by atoms with E-state index >= 15 is 0 Å². The maximum atomic E-state index is 5.83. The molecule has 0 fully saturated rings. The van der Waals surface area contributed by atoms with Gasteiger partial charge in [-0.1, -0.05) is 77.1 Å². The van der Waals surface area contributed by atoms with Gasteiger partial charge in [-0.3, -0.25) is 0 Å². The molecule has 0 spiro atoms. The van der Waals surface area contributed by atoms with Gasteiger partial charge in [0.2, 0.25) is 0 Å². The molecule has 3 heteroatoms. The van der Waals surface area contributed by atoms with Crippen molar-refractivity contribution in [2.45, 2.75) is 47.0 Å². The molecule has 1 unspecified atom stereocenters. The van der Waals surface area contributed by atoms with Crippen LogP contribution in [0, 0.1) is 11.3 Å². The summed E-state index contributed by atoms with van der Waals surface area (Å²) in [7, 11) is 0. The summed E-state index contributed by atoms with van der Waals surface area (Å²) >= 11 is 0. The first-order valence-corrected chi connectivity index (χ1v) is 10.9. The van der Waals surface area contributed by atoms with Crippen LogP contribution in [-0.2, 0) is 11.2 Å². The molecule has 2 rings (SSSR count). The number of benzene rings is 2. The monoisotopic (exact) mass is 397 g/mol. The Labute approximate surface area is 177 Å². The molecule has 3 nitrogen and oxygen atoms in total. The molecule has 160 valence electrons. The number of ether oxygens (including phenoxy) is 2. The highest BCUT2D eigenvalue weighted by Crippen LogP contribution is 2.40. The Morgan fingerprint density at radius 2 is 1.52 bits per heavy atom. The summed E-state index contributed by atoms with van der Waals surface area (Å²) in [6, 6.07) is 19.1. The molecule has 0 aliphatic heterocycles. The second-order valence-corrected chi connectivity index (χ2v) is 9.10. The zero-order chi connectivity index (χ0) is 21.1. The van der Waals surface area contributed by atoms with Crippen LogP contribution in [0.5, 0.6) is 5.75 Å². The molecule has 0 amide bonds. The number of hydrogen-bond acceptors (Lipinski definition) is 3. The fraction of sp³-hybridized carbons (Fsp3) is 0.538. The zero-order valence-electron chi connectivity index (χ0n) is 18.9. The van der Waals surface area contributed by atoms with Crippen molar-refractivity contribution in [3.63, 3.8) is 0 Å². The third-order valence-electron chi connectivity index (χ3n) is 5.19. The molecule has 2 aromatic rings. The van der Waals surface area contributed by atoms with Crippen molar-refractivity contribution in [3.05, 3.63) is 65.7 Å². The van der Waals surface area contributed by atoms with E-state index < -0.39 is 0 Å². The fourth-order valence-electron chi connectivity index (χ4n) is 4.12. The lowest BCUT2D eigenvalue weighted by molar-refractivity contribution is 0.102. The van der Waals surface area contributed by atoms with E-state index in [-0.39, 0.29) is 5.41 Å². The topological polar surface area (TPSA) is 30.5 Å². The van der Waals surface area contributed by atoms with Gasteiger partial charge in [0.25, 0.3) is 0 Å². The molecule has 0 saturated carbocycles. The highest BCUT2D eigenvalue weighted by molar-refractivity contribution is 5.30. The summed E-state index contributed by atoms with van der Waals surface area (Å²) in [4.78, 5) is 0. The fourth-order valence-corrected chi connectivity index (χ4v) is 4.12. The van der Waals surface area contributed by atoms with Gasteiger partial charge in [0.05, 0.1) is 13.2 Å². The molecular formula is C26H39NO2. The van der Waals surface area contributed by atoms with E-state index in [0.717, 1.165) is 25.3 Å². The Bertz CT molecular complexity index is 674. The van der Waals surface area contributed by atoms with Gasteiger partial charge in [-0.2, -0.15) is 0 Å². The average Bonchev–Trinajstić information content (AvgIpc) is 2.67. The van der Waals surface area contributed by atoms with E-state index in [1.165, 1.54) is 11.1 Å². The van der Waals surface area contributed by atoms with Crippen LogP contribution in [0.15, 0.2) is 54.6 Å². The second-order valence-electron chi connectivity index (χ2n) is 9.10. The summed E-state index contributed by atoms with van der Waals surface area (Å²) in [5, 5.41) is 3.41. The molecule has 0 aliphatic carbocycles. The summed E-state index contributed by atoms with van der Waals surface area (Å²) in [6.07, 6.45) is 1.05. The van der Waals surface area contributed by atoms with Gasteiger partial charge in [0.15, 0.2) is 0 Å². The van der Waals surface area contributed by atoms with E-state index in [1.54, 1.807) is 0 Å². The Morgan fingerprint density at radius 1 is 0.828 bits per heavy atom. The first kappa shape index (κ1) is 23.4. The van der Waals surface area contributed by atoms with Crippen LogP contribution < -0.4 is 10.1 Å². The average molecular weight is 398 g/mol. The van der Waals surface area contributed by atoms with Gasteiger partial charge in [-0.25, -0.2) is 0 Å². The van der Waals surface area contributed by atoms with E-state index in [2.05, 4.69) is 94.5 Å². The Kier molecular flexibility index (Phi) is 9.69. The minimum absolute atomic E-state index is 0.250. The van der Waals surface area contributed by atoms with Crippen LogP contribution >= 0.6 is 0 Å². The first-order valence-electron chi connectivity index (χ1n) is 10.9. The second kappa shape index (κ2) is 12.0. The minimum Gasteiger partial charge on any atom is -0.491 e. The highest BCUT2D eigenvalue weighted by Gasteiger charge is 2.28. The van der Waals surface area contributed by atoms with Crippen LogP contribution in [-0.4, -0.2) is 32.9 Å². The third kappa shape index (κ3) is 8.59. The van der Waals surface area contributed by atoms with Crippen LogP contribution in [0.1, 0.15) is 51.7 Å². The molecule has 0 saturated heterocycles. The highest BCUT2D eigenvalue weighted by atomic mass is 16.5. The summed E-state index contributed by atoms with van der Waals surface area (Å²) in [6.45, 7) is 15.3. The van der Waals surface area contributed by atoms with E-state index in [9.17, 15) is 0 Å². The first-order chi connectivity index (χ1) is 13.9. The molecule has 29 heavy (non-hydrogen) atoms. The van der Waals surface area contributed by atoms with Gasteiger partial charge in [-0.05, 0) is 53.5 Å². The zero-order valence-corrected chi connectivity index (χ0v) is 18.9. The SMILES string of the molecule is CC(C)C(c1ccc(OCCOCCNCCc2ccccc2)cc1)C(C)(C)C. The van der Waals surface area contributed by atoms with Gasteiger partial charge < -0.3 is 14.8 Å².